The summed E-state index contributed by atoms with van der Waals surface area (Å²) in [6, 6.07) is 6.54. The first-order valence-electron chi connectivity index (χ1n) is 6.36. The van der Waals surface area contributed by atoms with Crippen LogP contribution in [0.2, 0.25) is 0 Å². The normalized spacial score (nSPS) is 18.9. The van der Waals surface area contributed by atoms with Crippen LogP contribution in [0, 0.1) is 5.82 Å². The summed E-state index contributed by atoms with van der Waals surface area (Å²) in [5.74, 6) is 0.660. The van der Waals surface area contributed by atoms with Gasteiger partial charge in [0, 0.05) is 24.8 Å². The van der Waals surface area contributed by atoms with E-state index in [1.165, 1.54) is 12.1 Å². The molecule has 2 heterocycles. The molecule has 19 heavy (non-hydrogen) atoms. The van der Waals surface area contributed by atoms with Crippen LogP contribution in [0.1, 0.15) is 12.8 Å². The van der Waals surface area contributed by atoms with Crippen LogP contribution in [0.4, 0.5) is 4.39 Å². The fraction of sp³-hybridized carbons (Fsp3) is 0.357. The molecule has 3 nitrogen and oxygen atoms in total. The Morgan fingerprint density at radius 2 is 2.42 bits per heavy atom. The molecular weight excluding hydrogens is 263 g/mol. The first kappa shape index (κ1) is 12.7. The molecule has 1 aliphatic rings. The van der Waals surface area contributed by atoms with Crippen LogP contribution in [0.5, 0.6) is 0 Å². The van der Waals surface area contributed by atoms with E-state index in [4.69, 9.17) is 4.74 Å². The number of rotatable bonds is 4. The molecule has 0 bridgehead atoms. The van der Waals surface area contributed by atoms with Crippen molar-refractivity contribution in [3.63, 3.8) is 0 Å². The summed E-state index contributed by atoms with van der Waals surface area (Å²) in [5.41, 5.74) is 0.798. The highest BCUT2D eigenvalue weighted by molar-refractivity contribution is 7.99. The lowest BCUT2D eigenvalue weighted by molar-refractivity contribution is 0.129. The first-order chi connectivity index (χ1) is 9.33. The molecule has 0 spiro atoms. The van der Waals surface area contributed by atoms with Gasteiger partial charge in [0.15, 0.2) is 5.16 Å². The topological polar surface area (TPSA) is 27.1 Å². The molecule has 1 fully saturated rings. The molecule has 1 saturated heterocycles. The number of ether oxygens (including phenoxy) is 1. The fourth-order valence-electron chi connectivity index (χ4n) is 2.16. The quantitative estimate of drug-likeness (QED) is 0.803. The minimum atomic E-state index is -0.235. The van der Waals surface area contributed by atoms with Crippen molar-refractivity contribution in [2.75, 3.05) is 12.4 Å². The molecule has 5 heteroatoms. The first-order valence-corrected chi connectivity index (χ1v) is 7.35. The van der Waals surface area contributed by atoms with Gasteiger partial charge in [-0.3, -0.25) is 4.57 Å². The Kier molecular flexibility index (Phi) is 3.84. The molecule has 0 radical (unpaired) electrons. The van der Waals surface area contributed by atoms with Crippen molar-refractivity contribution >= 4 is 11.8 Å². The second kappa shape index (κ2) is 5.75. The van der Waals surface area contributed by atoms with Crippen molar-refractivity contribution in [3.8, 4) is 5.69 Å². The van der Waals surface area contributed by atoms with Crippen LogP contribution in [0.25, 0.3) is 5.69 Å². The van der Waals surface area contributed by atoms with Crippen LogP contribution < -0.4 is 0 Å². The van der Waals surface area contributed by atoms with Crippen molar-refractivity contribution in [2.45, 2.75) is 24.1 Å². The number of hydrogen-bond acceptors (Lipinski definition) is 3. The van der Waals surface area contributed by atoms with Gasteiger partial charge < -0.3 is 4.74 Å². The van der Waals surface area contributed by atoms with Crippen molar-refractivity contribution in [1.29, 1.82) is 0 Å². The summed E-state index contributed by atoms with van der Waals surface area (Å²) in [6.07, 6.45) is 6.18. The molecule has 2 aromatic rings. The van der Waals surface area contributed by atoms with Crippen molar-refractivity contribution in [3.05, 3.63) is 42.5 Å². The third kappa shape index (κ3) is 2.98. The van der Waals surface area contributed by atoms with Gasteiger partial charge in [0.05, 0.1) is 11.8 Å². The zero-order chi connectivity index (χ0) is 13.1. The van der Waals surface area contributed by atoms with Gasteiger partial charge >= 0.3 is 0 Å². The Labute approximate surface area is 115 Å². The Balaban J connectivity index is 1.74. The van der Waals surface area contributed by atoms with E-state index in [0.717, 1.165) is 36.0 Å². The van der Waals surface area contributed by atoms with Crippen LogP contribution >= 0.6 is 11.8 Å². The lowest BCUT2D eigenvalue weighted by atomic mass is 10.3. The van der Waals surface area contributed by atoms with Gasteiger partial charge in [-0.25, -0.2) is 9.37 Å². The lowest BCUT2D eigenvalue weighted by Crippen LogP contribution is -2.08. The molecule has 0 N–H and O–H groups in total. The van der Waals surface area contributed by atoms with E-state index in [1.807, 2.05) is 16.8 Å². The molecule has 0 saturated carbocycles. The van der Waals surface area contributed by atoms with Crippen molar-refractivity contribution < 1.29 is 9.13 Å². The van der Waals surface area contributed by atoms with Crippen LogP contribution in [-0.4, -0.2) is 28.0 Å². The molecule has 1 aromatic carbocycles. The number of aromatic nitrogens is 2. The summed E-state index contributed by atoms with van der Waals surface area (Å²) >= 11 is 1.66. The van der Waals surface area contributed by atoms with Crippen molar-refractivity contribution in [1.82, 2.24) is 9.55 Å². The molecule has 0 aliphatic carbocycles. The molecule has 3 rings (SSSR count). The maximum absolute atomic E-state index is 13.3. The highest BCUT2D eigenvalue weighted by Crippen LogP contribution is 2.25. The number of benzene rings is 1. The standard InChI is InChI=1S/C14H15FN2OS/c15-11-3-1-4-12(9-11)17-7-6-16-14(17)19-10-13-5-2-8-18-13/h1,3-4,6-7,9,13H,2,5,8,10H2. The second-order valence-corrected chi connectivity index (χ2v) is 5.49. The fourth-order valence-corrected chi connectivity index (χ4v) is 3.20. The zero-order valence-corrected chi connectivity index (χ0v) is 11.3. The Hall–Kier alpha value is -1.33. The lowest BCUT2D eigenvalue weighted by Gasteiger charge is -2.10. The average Bonchev–Trinajstić information content (AvgIpc) is 3.08. The number of hydrogen-bond donors (Lipinski definition) is 0. The minimum Gasteiger partial charge on any atom is -0.377 e. The predicted octanol–water partition coefficient (Wildman–Crippen LogP) is 3.28. The summed E-state index contributed by atoms with van der Waals surface area (Å²) in [7, 11) is 0. The SMILES string of the molecule is Fc1cccc(-n2ccnc2SCC2CCCO2)c1. The summed E-state index contributed by atoms with van der Waals surface area (Å²) < 4.78 is 20.8. The Morgan fingerprint density at radius 3 is 3.21 bits per heavy atom. The van der Waals surface area contributed by atoms with Gasteiger partial charge in [-0.1, -0.05) is 17.8 Å². The summed E-state index contributed by atoms with van der Waals surface area (Å²) in [6.45, 7) is 0.865. The maximum Gasteiger partial charge on any atom is 0.172 e. The number of thioether (sulfide) groups is 1. The van der Waals surface area contributed by atoms with E-state index < -0.39 is 0 Å². The molecule has 1 aliphatic heterocycles. The van der Waals surface area contributed by atoms with E-state index in [0.29, 0.717) is 6.10 Å². The van der Waals surface area contributed by atoms with Gasteiger partial charge in [0.2, 0.25) is 0 Å². The van der Waals surface area contributed by atoms with E-state index in [2.05, 4.69) is 4.98 Å². The highest BCUT2D eigenvalue weighted by atomic mass is 32.2. The molecule has 1 aromatic heterocycles. The Morgan fingerprint density at radius 1 is 1.47 bits per heavy atom. The number of nitrogens with zero attached hydrogens (tertiary/aromatic N) is 2. The third-order valence-electron chi connectivity index (χ3n) is 3.12. The summed E-state index contributed by atoms with van der Waals surface area (Å²) in [4.78, 5) is 4.33. The molecule has 100 valence electrons. The smallest absolute Gasteiger partial charge is 0.172 e. The third-order valence-corrected chi connectivity index (χ3v) is 4.21. The van der Waals surface area contributed by atoms with Crippen LogP contribution in [0.3, 0.4) is 0 Å². The average molecular weight is 278 g/mol. The van der Waals surface area contributed by atoms with Gasteiger partial charge in [0.1, 0.15) is 5.82 Å². The van der Waals surface area contributed by atoms with E-state index in [1.54, 1.807) is 24.0 Å². The molecule has 1 atom stereocenters. The largest absolute Gasteiger partial charge is 0.377 e. The second-order valence-electron chi connectivity index (χ2n) is 4.51. The zero-order valence-electron chi connectivity index (χ0n) is 10.5. The monoisotopic (exact) mass is 278 g/mol. The van der Waals surface area contributed by atoms with Gasteiger partial charge in [-0.2, -0.15) is 0 Å². The van der Waals surface area contributed by atoms with Crippen LogP contribution in [0.15, 0.2) is 41.8 Å². The molecule has 1 unspecified atom stereocenters. The van der Waals surface area contributed by atoms with E-state index in [9.17, 15) is 4.39 Å². The molecular formula is C14H15FN2OS. The van der Waals surface area contributed by atoms with Gasteiger partial charge in [0.25, 0.3) is 0 Å². The summed E-state index contributed by atoms with van der Waals surface area (Å²) in [5, 5.41) is 0.876. The van der Waals surface area contributed by atoms with Crippen LogP contribution in [-0.2, 0) is 4.74 Å². The minimum absolute atomic E-state index is 0.235. The maximum atomic E-state index is 13.3. The highest BCUT2D eigenvalue weighted by Gasteiger charge is 2.17. The van der Waals surface area contributed by atoms with E-state index in [-0.39, 0.29) is 5.82 Å². The van der Waals surface area contributed by atoms with Gasteiger partial charge in [-0.05, 0) is 31.0 Å². The molecule has 0 amide bonds. The van der Waals surface area contributed by atoms with Crippen molar-refractivity contribution in [2.24, 2.45) is 0 Å². The predicted molar refractivity (Wildman–Crippen MR) is 73.2 cm³/mol. The van der Waals surface area contributed by atoms with E-state index >= 15 is 0 Å². The number of imidazole rings is 1. The number of halogens is 1. The van der Waals surface area contributed by atoms with Gasteiger partial charge in [-0.15, -0.1) is 0 Å². The Bertz CT molecular complexity index is 552.